The zero-order valence-electron chi connectivity index (χ0n) is 8.21. The maximum atomic E-state index is 2.58. The third-order valence-corrected chi connectivity index (χ3v) is 2.97. The molecule has 0 spiro atoms. The van der Waals surface area contributed by atoms with Crippen LogP contribution in [0.25, 0.3) is 0 Å². The highest BCUT2D eigenvalue weighted by Gasteiger charge is 2.32. The number of nitrogens with zero attached hydrogens (tertiary/aromatic N) is 2. The Morgan fingerprint density at radius 3 is 2.00 bits per heavy atom. The van der Waals surface area contributed by atoms with Crippen molar-refractivity contribution < 1.29 is 0 Å². The Morgan fingerprint density at radius 1 is 1.00 bits per heavy atom. The first-order chi connectivity index (χ1) is 5.77. The second-order valence-corrected chi connectivity index (χ2v) is 4.18. The van der Waals surface area contributed by atoms with E-state index in [1.807, 2.05) is 0 Å². The van der Waals surface area contributed by atoms with Crippen LogP contribution >= 0.6 is 0 Å². The van der Waals surface area contributed by atoms with Gasteiger partial charge in [-0.2, -0.15) is 0 Å². The molecule has 1 aliphatic carbocycles. The Hall–Kier alpha value is -0.0800. The van der Waals surface area contributed by atoms with Crippen LogP contribution in [-0.4, -0.2) is 42.0 Å². The van der Waals surface area contributed by atoms with Crippen LogP contribution in [0.15, 0.2) is 0 Å². The standard InChI is InChI=1S/C10H19N2/c1-9(2)11-5-7-12(8-6-11)10-3-4-10/h9H,3-8H2,1-2H3. The second kappa shape index (κ2) is 3.35. The van der Waals surface area contributed by atoms with Crippen molar-refractivity contribution in [3.05, 3.63) is 6.04 Å². The number of hydrogen-bond donors (Lipinski definition) is 0. The zero-order chi connectivity index (χ0) is 8.55. The summed E-state index contributed by atoms with van der Waals surface area (Å²) in [6.07, 6.45) is 2.75. The second-order valence-electron chi connectivity index (χ2n) is 4.18. The molecule has 2 rings (SSSR count). The monoisotopic (exact) mass is 167 g/mol. The lowest BCUT2D eigenvalue weighted by atomic mass is 10.2. The highest BCUT2D eigenvalue weighted by molar-refractivity contribution is 5.05. The topological polar surface area (TPSA) is 6.48 Å². The average Bonchev–Trinajstić information content (AvgIpc) is 2.87. The SMILES string of the molecule is CC(C)N1CCN([C]2CC2)CC1. The molecule has 1 saturated heterocycles. The lowest BCUT2D eigenvalue weighted by Crippen LogP contribution is -2.48. The fourth-order valence-electron chi connectivity index (χ4n) is 1.93. The van der Waals surface area contributed by atoms with Crippen molar-refractivity contribution in [2.75, 3.05) is 26.2 Å². The molecule has 2 heteroatoms. The van der Waals surface area contributed by atoms with E-state index in [0.717, 1.165) is 6.04 Å². The first-order valence-corrected chi connectivity index (χ1v) is 5.11. The van der Waals surface area contributed by atoms with Crippen molar-refractivity contribution in [1.29, 1.82) is 0 Å². The summed E-state index contributed by atoms with van der Waals surface area (Å²) in [5.41, 5.74) is 0. The molecule has 12 heavy (non-hydrogen) atoms. The predicted octanol–water partition coefficient (Wildman–Crippen LogP) is 1.34. The van der Waals surface area contributed by atoms with Crippen LogP contribution in [0.5, 0.6) is 0 Å². The van der Waals surface area contributed by atoms with Gasteiger partial charge in [0.1, 0.15) is 0 Å². The fourth-order valence-corrected chi connectivity index (χ4v) is 1.93. The molecular weight excluding hydrogens is 148 g/mol. The van der Waals surface area contributed by atoms with Crippen LogP contribution in [-0.2, 0) is 0 Å². The minimum Gasteiger partial charge on any atom is -0.298 e. The summed E-state index contributed by atoms with van der Waals surface area (Å²) in [5.74, 6) is 0. The third-order valence-electron chi connectivity index (χ3n) is 2.97. The largest absolute Gasteiger partial charge is 0.298 e. The van der Waals surface area contributed by atoms with Crippen molar-refractivity contribution in [2.24, 2.45) is 0 Å². The van der Waals surface area contributed by atoms with Crippen LogP contribution in [0.2, 0.25) is 0 Å². The Morgan fingerprint density at radius 2 is 1.58 bits per heavy atom. The quantitative estimate of drug-likeness (QED) is 0.612. The van der Waals surface area contributed by atoms with Crippen molar-refractivity contribution in [1.82, 2.24) is 9.80 Å². The van der Waals surface area contributed by atoms with Crippen molar-refractivity contribution in [2.45, 2.75) is 32.7 Å². The molecule has 0 atom stereocenters. The van der Waals surface area contributed by atoms with Crippen LogP contribution < -0.4 is 0 Å². The number of piperazine rings is 1. The van der Waals surface area contributed by atoms with Gasteiger partial charge in [-0.1, -0.05) is 0 Å². The molecule has 2 aliphatic rings. The summed E-state index contributed by atoms with van der Waals surface area (Å²) < 4.78 is 0. The summed E-state index contributed by atoms with van der Waals surface area (Å²) in [6, 6.07) is 2.44. The van der Waals surface area contributed by atoms with Gasteiger partial charge in [-0.05, 0) is 26.7 Å². The molecule has 1 saturated carbocycles. The predicted molar refractivity (Wildman–Crippen MR) is 50.8 cm³/mol. The normalized spacial score (nSPS) is 28.2. The molecule has 0 aromatic rings. The molecule has 1 radical (unpaired) electrons. The van der Waals surface area contributed by atoms with Gasteiger partial charge < -0.3 is 0 Å². The van der Waals surface area contributed by atoms with Crippen molar-refractivity contribution in [3.63, 3.8) is 0 Å². The molecule has 2 nitrogen and oxygen atoms in total. The Bertz CT molecular complexity index is 134. The van der Waals surface area contributed by atoms with E-state index in [1.165, 1.54) is 39.0 Å². The van der Waals surface area contributed by atoms with Gasteiger partial charge >= 0.3 is 0 Å². The molecule has 69 valence electrons. The van der Waals surface area contributed by atoms with Crippen LogP contribution in [0.1, 0.15) is 26.7 Å². The molecule has 0 aromatic heterocycles. The Labute approximate surface area is 75.5 Å². The molecule has 2 fully saturated rings. The summed E-state index contributed by atoms with van der Waals surface area (Å²) in [6.45, 7) is 9.66. The highest BCUT2D eigenvalue weighted by atomic mass is 15.3. The van der Waals surface area contributed by atoms with E-state index < -0.39 is 0 Å². The van der Waals surface area contributed by atoms with E-state index in [4.69, 9.17) is 0 Å². The molecule has 0 aromatic carbocycles. The number of rotatable bonds is 2. The molecule has 1 aliphatic heterocycles. The van der Waals surface area contributed by atoms with Crippen molar-refractivity contribution in [3.8, 4) is 0 Å². The maximum Gasteiger partial charge on any atom is 0.0395 e. The van der Waals surface area contributed by atoms with Gasteiger partial charge in [0.2, 0.25) is 0 Å². The fraction of sp³-hybridized carbons (Fsp3) is 0.900. The van der Waals surface area contributed by atoms with Crippen LogP contribution in [0.4, 0.5) is 0 Å². The minimum absolute atomic E-state index is 0.733. The summed E-state index contributed by atoms with van der Waals surface area (Å²) >= 11 is 0. The minimum atomic E-state index is 0.733. The molecule has 0 bridgehead atoms. The van der Waals surface area contributed by atoms with Gasteiger partial charge in [0.05, 0.1) is 0 Å². The summed E-state index contributed by atoms with van der Waals surface area (Å²) in [4.78, 5) is 5.15. The van der Waals surface area contributed by atoms with E-state index in [9.17, 15) is 0 Å². The molecule has 0 unspecified atom stereocenters. The molecule has 0 N–H and O–H groups in total. The average molecular weight is 167 g/mol. The summed E-state index contributed by atoms with van der Waals surface area (Å²) in [5, 5.41) is 0. The Kier molecular flexibility index (Phi) is 2.37. The van der Waals surface area contributed by atoms with E-state index >= 15 is 0 Å². The molecule has 0 amide bonds. The van der Waals surface area contributed by atoms with Gasteiger partial charge in [0, 0.05) is 38.3 Å². The van der Waals surface area contributed by atoms with Crippen molar-refractivity contribution >= 4 is 0 Å². The number of hydrogen-bond acceptors (Lipinski definition) is 2. The van der Waals surface area contributed by atoms with Gasteiger partial charge in [-0.15, -0.1) is 0 Å². The highest BCUT2D eigenvalue weighted by Crippen LogP contribution is 2.36. The first kappa shape index (κ1) is 8.52. The van der Waals surface area contributed by atoms with Gasteiger partial charge in [-0.25, -0.2) is 0 Å². The smallest absolute Gasteiger partial charge is 0.0395 e. The maximum absolute atomic E-state index is 2.58. The lowest BCUT2D eigenvalue weighted by Gasteiger charge is -2.36. The third kappa shape index (κ3) is 1.80. The zero-order valence-corrected chi connectivity index (χ0v) is 8.21. The van der Waals surface area contributed by atoms with Crippen LogP contribution in [0, 0.1) is 6.04 Å². The van der Waals surface area contributed by atoms with E-state index in [2.05, 4.69) is 23.6 Å². The molecular formula is C10H19N2. The Balaban J connectivity index is 1.76. The van der Waals surface area contributed by atoms with Gasteiger partial charge in [0.25, 0.3) is 0 Å². The van der Waals surface area contributed by atoms with Crippen LogP contribution in [0.3, 0.4) is 0 Å². The van der Waals surface area contributed by atoms with Gasteiger partial charge in [0.15, 0.2) is 0 Å². The van der Waals surface area contributed by atoms with E-state index in [-0.39, 0.29) is 0 Å². The van der Waals surface area contributed by atoms with E-state index in [1.54, 1.807) is 6.04 Å². The molecule has 1 heterocycles. The lowest BCUT2D eigenvalue weighted by molar-refractivity contribution is 0.123. The first-order valence-electron chi connectivity index (χ1n) is 5.11. The van der Waals surface area contributed by atoms with E-state index in [0.29, 0.717) is 0 Å². The van der Waals surface area contributed by atoms with Gasteiger partial charge in [-0.3, -0.25) is 9.80 Å². The summed E-state index contributed by atoms with van der Waals surface area (Å²) in [7, 11) is 0.